The van der Waals surface area contributed by atoms with Crippen molar-refractivity contribution in [2.75, 3.05) is 6.61 Å². The third kappa shape index (κ3) is 24.8. The van der Waals surface area contributed by atoms with Gasteiger partial charge in [-0.2, -0.15) is 0 Å². The van der Waals surface area contributed by atoms with E-state index >= 15 is 0 Å². The molecule has 0 radical (unpaired) electrons. The molecule has 0 fully saturated rings. The van der Waals surface area contributed by atoms with Crippen molar-refractivity contribution in [2.45, 2.75) is 71.1 Å². The van der Waals surface area contributed by atoms with E-state index in [1.807, 2.05) is 0 Å². The molecule has 0 aromatic rings. The molecule has 7 heteroatoms. The second-order valence-corrected chi connectivity index (χ2v) is 5.46. The third-order valence-corrected chi connectivity index (χ3v) is 3.18. The number of unbranched alkanes of at least 4 members (excludes halogenated alkanes) is 9. The second kappa shape index (κ2) is 17.5. The summed E-state index contributed by atoms with van der Waals surface area (Å²) in [6.07, 6.45) is 11.7. The first-order chi connectivity index (χ1) is 8.06. The van der Waals surface area contributed by atoms with Crippen LogP contribution in [0.1, 0.15) is 72.6 Å². The van der Waals surface area contributed by atoms with Crippen LogP contribution in [0.3, 0.4) is 0 Å². The normalized spacial score (nSPS) is 10.6. The van der Waals surface area contributed by atoms with Crippen molar-refractivity contribution in [3.05, 3.63) is 0 Å². The second-order valence-electron chi connectivity index (χ2n) is 4.41. The van der Waals surface area contributed by atoms with Crippen molar-refractivity contribution in [3.8, 4) is 0 Å². The van der Waals surface area contributed by atoms with Gasteiger partial charge >= 0.3 is 48.4 Å². The SMILES string of the molecule is CCCCCCCCCCCCOS(=O)(=O)[O-].[H-].[Li+].[Na+]. The molecule has 0 saturated carbocycles. The van der Waals surface area contributed by atoms with E-state index < -0.39 is 10.4 Å². The van der Waals surface area contributed by atoms with E-state index in [4.69, 9.17) is 0 Å². The average Bonchev–Trinajstić information content (AvgIpc) is 2.24. The van der Waals surface area contributed by atoms with Gasteiger partial charge in [-0.25, -0.2) is 8.42 Å². The van der Waals surface area contributed by atoms with Gasteiger partial charge in [0.2, 0.25) is 10.4 Å². The summed E-state index contributed by atoms with van der Waals surface area (Å²) in [7, 11) is -4.48. The molecule has 0 aliphatic heterocycles. The van der Waals surface area contributed by atoms with Crippen molar-refractivity contribution in [1.29, 1.82) is 0 Å². The van der Waals surface area contributed by atoms with E-state index in [0.717, 1.165) is 12.8 Å². The molecule has 19 heavy (non-hydrogen) atoms. The zero-order valence-electron chi connectivity index (χ0n) is 13.8. The van der Waals surface area contributed by atoms with Crippen molar-refractivity contribution in [2.24, 2.45) is 0 Å². The van der Waals surface area contributed by atoms with Gasteiger partial charge in [0.15, 0.2) is 0 Å². The van der Waals surface area contributed by atoms with Crippen LogP contribution in [0.25, 0.3) is 0 Å². The van der Waals surface area contributed by atoms with Crippen LogP contribution in [-0.4, -0.2) is 19.6 Å². The summed E-state index contributed by atoms with van der Waals surface area (Å²) >= 11 is 0. The fourth-order valence-electron chi connectivity index (χ4n) is 1.75. The zero-order valence-corrected chi connectivity index (χ0v) is 15.6. The Morgan fingerprint density at radius 2 is 1.26 bits per heavy atom. The molecule has 0 N–H and O–H groups in total. The first-order valence-corrected chi connectivity index (χ1v) is 8.00. The van der Waals surface area contributed by atoms with Gasteiger partial charge in [-0.15, -0.1) is 0 Å². The van der Waals surface area contributed by atoms with Gasteiger partial charge in [-0.3, -0.25) is 4.18 Å². The monoisotopic (exact) mass is 296 g/mol. The molecule has 0 aromatic carbocycles. The van der Waals surface area contributed by atoms with Gasteiger partial charge in [0.1, 0.15) is 0 Å². The van der Waals surface area contributed by atoms with Crippen molar-refractivity contribution < 1.29 is 67.0 Å². The van der Waals surface area contributed by atoms with Gasteiger partial charge in [0.25, 0.3) is 0 Å². The predicted octanol–water partition coefficient (Wildman–Crippen LogP) is -2.50. The minimum atomic E-state index is -4.48. The third-order valence-electron chi connectivity index (χ3n) is 2.73. The summed E-state index contributed by atoms with van der Waals surface area (Å²) in [4.78, 5) is 0. The molecule has 0 unspecified atom stereocenters. The molecule has 0 atom stereocenters. The summed E-state index contributed by atoms with van der Waals surface area (Å²) in [5, 5.41) is 0. The van der Waals surface area contributed by atoms with Gasteiger partial charge in [-0.1, -0.05) is 64.7 Å². The Morgan fingerprint density at radius 3 is 1.63 bits per heavy atom. The predicted molar refractivity (Wildman–Crippen MR) is 68.6 cm³/mol. The molecular formula is C12H26LiNaO4S. The zero-order chi connectivity index (χ0) is 13.0. The Labute approximate surface area is 154 Å². The van der Waals surface area contributed by atoms with E-state index in [2.05, 4.69) is 11.1 Å². The van der Waals surface area contributed by atoms with Crippen LogP contribution in [-0.2, 0) is 14.6 Å². The molecule has 0 aromatic heterocycles. The molecule has 0 heterocycles. The van der Waals surface area contributed by atoms with Crippen LogP contribution in [0.15, 0.2) is 0 Å². The maximum Gasteiger partial charge on any atom is 1.00 e. The molecule has 0 saturated heterocycles. The van der Waals surface area contributed by atoms with E-state index in [-0.39, 0.29) is 56.5 Å². The van der Waals surface area contributed by atoms with Gasteiger partial charge in [-0.05, 0) is 6.42 Å². The molecule has 0 spiro atoms. The van der Waals surface area contributed by atoms with Crippen LogP contribution in [0.2, 0.25) is 0 Å². The first kappa shape index (κ1) is 25.4. The van der Waals surface area contributed by atoms with Crippen LogP contribution < -0.4 is 48.4 Å². The van der Waals surface area contributed by atoms with Crippen molar-refractivity contribution in [3.63, 3.8) is 0 Å². The number of hydrogen-bond donors (Lipinski definition) is 0. The quantitative estimate of drug-likeness (QED) is 0.173. The maximum absolute atomic E-state index is 10.1. The molecule has 0 aliphatic rings. The molecule has 106 valence electrons. The summed E-state index contributed by atoms with van der Waals surface area (Å²) in [5.74, 6) is 0. The average molecular weight is 296 g/mol. The summed E-state index contributed by atoms with van der Waals surface area (Å²) in [5.41, 5.74) is 0. The Bertz CT molecular complexity index is 266. The molecule has 0 amide bonds. The maximum atomic E-state index is 10.1. The molecule has 0 aliphatic carbocycles. The summed E-state index contributed by atoms with van der Waals surface area (Å²) in [6, 6.07) is 0. The fraction of sp³-hybridized carbons (Fsp3) is 1.00. The Kier molecular flexibility index (Phi) is 23.4. The minimum Gasteiger partial charge on any atom is -1.00 e. The molecular weight excluding hydrogens is 270 g/mol. The van der Waals surface area contributed by atoms with Crippen LogP contribution >= 0.6 is 0 Å². The number of hydrogen-bond acceptors (Lipinski definition) is 4. The van der Waals surface area contributed by atoms with Crippen LogP contribution in [0.4, 0.5) is 0 Å². The number of rotatable bonds is 12. The van der Waals surface area contributed by atoms with Crippen LogP contribution in [0, 0.1) is 0 Å². The molecule has 0 rings (SSSR count). The van der Waals surface area contributed by atoms with E-state index in [0.29, 0.717) is 6.42 Å². The topological polar surface area (TPSA) is 66.4 Å². The minimum absolute atomic E-state index is 0. The summed E-state index contributed by atoms with van der Waals surface area (Å²) < 4.78 is 34.5. The Balaban J connectivity index is -0.000000427. The Morgan fingerprint density at radius 1 is 0.895 bits per heavy atom. The molecule has 0 bridgehead atoms. The van der Waals surface area contributed by atoms with E-state index in [1.165, 1.54) is 44.9 Å². The smallest absolute Gasteiger partial charge is 1.00 e. The largest absolute Gasteiger partial charge is 1.00 e. The standard InChI is InChI=1S/C12H26O4S.Li.Na.H/c1-2-3-4-5-6-7-8-9-10-11-12-16-17(13,14)15;;;/h2-12H2,1H3,(H,13,14,15);;;/q;2*+1;-1/p-1. The van der Waals surface area contributed by atoms with Crippen molar-refractivity contribution >= 4 is 10.4 Å². The first-order valence-electron chi connectivity index (χ1n) is 6.66. The van der Waals surface area contributed by atoms with Gasteiger partial charge in [0, 0.05) is 0 Å². The Hall–Kier alpha value is 1.47. The fourth-order valence-corrected chi connectivity index (χ4v) is 2.07. The van der Waals surface area contributed by atoms with E-state index in [1.54, 1.807) is 0 Å². The van der Waals surface area contributed by atoms with Gasteiger partial charge in [0.05, 0.1) is 6.61 Å². The summed E-state index contributed by atoms with van der Waals surface area (Å²) in [6.45, 7) is 2.24. The van der Waals surface area contributed by atoms with E-state index in [9.17, 15) is 13.0 Å². The van der Waals surface area contributed by atoms with Crippen molar-refractivity contribution in [1.82, 2.24) is 0 Å². The van der Waals surface area contributed by atoms with Gasteiger partial charge < -0.3 is 5.98 Å². The van der Waals surface area contributed by atoms with Crippen LogP contribution in [0.5, 0.6) is 0 Å². The molecule has 4 nitrogen and oxygen atoms in total.